The number of nitrogens with one attached hydrogen (secondary N) is 15. The van der Waals surface area contributed by atoms with Gasteiger partial charge in [-0.3, -0.25) is 52.7 Å². The maximum Gasteiger partial charge on any atom is 0.245 e. The first-order valence-corrected chi connectivity index (χ1v) is 33.4. The Morgan fingerprint density at radius 2 is 1.00 bits per heavy atom. The number of aliphatic hydroxyl groups is 2. The van der Waals surface area contributed by atoms with Crippen molar-refractivity contribution < 1.29 is 63.0 Å². The van der Waals surface area contributed by atoms with E-state index in [2.05, 4.69) is 114 Å². The number of nitrogens with zero attached hydrogens (tertiary/aromatic N) is 4. The maximum atomic E-state index is 14.9. The molecule has 1 aromatic carbocycles. The van der Waals surface area contributed by atoms with Crippen LogP contribution < -0.4 is 132 Å². The van der Waals surface area contributed by atoms with Gasteiger partial charge >= 0.3 is 0 Å². The van der Waals surface area contributed by atoms with Gasteiger partial charge in [0.25, 0.3) is 0 Å². The van der Waals surface area contributed by atoms with Crippen molar-refractivity contribution >= 4 is 88.8 Å². The largest absolute Gasteiger partial charge is 0.391 e. The number of benzene rings is 1. The van der Waals surface area contributed by atoms with Crippen molar-refractivity contribution in [3.63, 3.8) is 0 Å². The van der Waals surface area contributed by atoms with Gasteiger partial charge in [0.15, 0.2) is 0 Å². The van der Waals surface area contributed by atoms with E-state index in [9.17, 15) is 63.0 Å². The Bertz CT molecular complexity index is 2940. The minimum atomic E-state index is -1.83. The number of unbranched alkanes of at least 4 members (excludes halogenated alkanes) is 1. The molecule has 1 aliphatic rings. The molecule has 41 heteroatoms. The molecule has 0 saturated carbocycles. The monoisotopic (exact) mass is 1430 g/mol. The molecule has 1 unspecified atom stereocenters. The summed E-state index contributed by atoms with van der Waals surface area (Å²) in [7, 11) is 0. The lowest BCUT2D eigenvalue weighted by atomic mass is 10.00. The highest BCUT2D eigenvalue weighted by molar-refractivity contribution is 5.99. The number of aliphatic hydroxyl groups excluding tert-OH is 2. The number of carbonyl (C=O) groups is 11. The highest BCUT2D eigenvalue weighted by atomic mass is 16.3. The third kappa shape index (κ3) is 35.2. The number of amides is 11. The van der Waals surface area contributed by atoms with Crippen molar-refractivity contribution in [2.75, 3.05) is 39.3 Å². The van der Waals surface area contributed by atoms with Gasteiger partial charge in [0.05, 0.1) is 12.2 Å². The van der Waals surface area contributed by atoms with Gasteiger partial charge in [0.1, 0.15) is 60.4 Å². The van der Waals surface area contributed by atoms with Crippen LogP contribution in [-0.2, 0) is 59.2 Å². The zero-order valence-corrected chi connectivity index (χ0v) is 58.3. The van der Waals surface area contributed by atoms with Crippen molar-refractivity contribution in [1.82, 2.24) is 80.2 Å². The van der Waals surface area contributed by atoms with Crippen molar-refractivity contribution in [3.05, 3.63) is 35.9 Å². The van der Waals surface area contributed by atoms with Gasteiger partial charge in [0, 0.05) is 45.6 Å². The van der Waals surface area contributed by atoms with Gasteiger partial charge in [-0.2, -0.15) is 0 Å². The second-order valence-corrected chi connectivity index (χ2v) is 24.7. The predicted octanol–water partition coefficient (Wildman–Crippen LogP) is -9.97. The SMILES string of the molecule is CCC(C)CCCCC(=O)N[C@@H](CCNN=C(N)N)C(=O)N[C@H](C(=O)N[C@@H](CCNN=C(N)N)C(=O)N[C@H]1CCNC(=O)[C@H]([C@@H](C)O)NC(=O)[C@H](CCNN=C(N)N)NC(=O)[C@H](CCNN=C(N)N)NC(=O)[C@H](CC(C)C)NC(=O)[C@@H](Cc2ccccc2)NC(=O)[C@H](CCN)NC1=O)[C@@H](C)O. The molecule has 0 radical (unpaired) electrons. The number of hydrogen-bond donors (Lipinski definition) is 26. The molecule has 568 valence electrons. The Morgan fingerprint density at radius 1 is 0.535 bits per heavy atom. The molecule has 13 atom stereocenters. The molecule has 0 bridgehead atoms. The number of carbonyl (C=O) groups excluding carboxylic acids is 11. The maximum absolute atomic E-state index is 14.9. The minimum Gasteiger partial charge on any atom is -0.391 e. The quantitative estimate of drug-likeness (QED) is 0.0127. The van der Waals surface area contributed by atoms with Crippen LogP contribution >= 0.6 is 0 Å². The number of nitrogens with two attached hydrogens (primary N) is 9. The summed E-state index contributed by atoms with van der Waals surface area (Å²) in [6.07, 6.45) is -2.37. The zero-order chi connectivity index (χ0) is 75.7. The van der Waals surface area contributed by atoms with Gasteiger partial charge in [-0.25, -0.2) is 0 Å². The normalized spacial score (nSPS) is 20.7. The topological polar surface area (TPSA) is 692 Å². The van der Waals surface area contributed by atoms with E-state index in [1.54, 1.807) is 44.2 Å². The van der Waals surface area contributed by atoms with E-state index in [-0.39, 0.29) is 95.5 Å². The van der Waals surface area contributed by atoms with Gasteiger partial charge in [-0.15, -0.1) is 20.4 Å². The van der Waals surface area contributed by atoms with Crippen LogP contribution in [0.15, 0.2) is 50.7 Å². The smallest absolute Gasteiger partial charge is 0.245 e. The second kappa shape index (κ2) is 46.8. The van der Waals surface area contributed by atoms with Crippen LogP contribution in [0.4, 0.5) is 0 Å². The highest BCUT2D eigenvalue weighted by Gasteiger charge is 2.38. The molecule has 0 aliphatic carbocycles. The molecular formula is C60H110N28O13. The Labute approximate surface area is 586 Å². The molecule has 2 rings (SSSR count). The van der Waals surface area contributed by atoms with E-state index in [4.69, 9.17) is 51.6 Å². The van der Waals surface area contributed by atoms with E-state index in [0.29, 0.717) is 17.9 Å². The summed E-state index contributed by atoms with van der Waals surface area (Å²) >= 11 is 0. The lowest BCUT2D eigenvalue weighted by molar-refractivity contribution is -0.137. The van der Waals surface area contributed by atoms with Gasteiger partial charge in [0.2, 0.25) is 88.8 Å². The van der Waals surface area contributed by atoms with Crippen molar-refractivity contribution in [3.8, 4) is 0 Å². The summed E-state index contributed by atoms with van der Waals surface area (Å²) < 4.78 is 0. The molecule has 35 N–H and O–H groups in total. The van der Waals surface area contributed by atoms with Gasteiger partial charge < -0.3 is 142 Å². The third-order valence-electron chi connectivity index (χ3n) is 15.4. The highest BCUT2D eigenvalue weighted by Crippen LogP contribution is 2.14. The number of guanidine groups is 4. The first kappa shape index (κ1) is 86.6. The van der Waals surface area contributed by atoms with Crippen LogP contribution in [0.2, 0.25) is 0 Å². The standard InChI is InChI=1S/C60H110N28O13/c1-7-32(4)13-11-12-16-44(91)75-37(19-25-71-85-57(62)63)51(96)84-46(34(6)90)56(101)80-40(21-27-73-87-59(66)67)50(95)77-38-18-24-70-55(100)45(33(5)89)83-52(97)41(22-28-74-88-60(68)69)78-49(94)39(20-26-72-86-58(64)65)79-53(98)42(29-31(2)3)81-54(99)43(30-35-14-9-8-10-15-35)82-47(92)36(17-23-61)76-48(38)93/h8-10,14-15,31-34,36-43,45-46,71-74,89-90H,7,11-13,16-30,61H2,1-6H3,(H,70,100)(H,75,91)(H,76,93)(H,77,95)(H,78,94)(H,79,98)(H,80,101)(H,81,99)(H,82,92)(H,83,97)(H,84,96)(H4,62,63,85)(H4,64,65,86)(H4,66,67,87)(H4,68,69,88)/t32?,33-,34-,36+,37+,38+,39+,40+,41+,42+,43-,45+,46+/m1/s1. The molecular weight excluding hydrogens is 1320 g/mol. The molecule has 0 aromatic heterocycles. The molecule has 101 heavy (non-hydrogen) atoms. The summed E-state index contributed by atoms with van der Waals surface area (Å²) in [6, 6.07) is -7.66. The first-order chi connectivity index (χ1) is 47.8. The first-order valence-electron chi connectivity index (χ1n) is 33.4. The fraction of sp³-hybridized carbons (Fsp3) is 0.650. The van der Waals surface area contributed by atoms with E-state index in [0.717, 1.165) is 33.1 Å². The van der Waals surface area contributed by atoms with E-state index >= 15 is 0 Å². The van der Waals surface area contributed by atoms with Crippen LogP contribution in [0, 0.1) is 11.8 Å². The molecule has 1 saturated heterocycles. The molecule has 1 aromatic rings. The average molecular weight is 1430 g/mol. The van der Waals surface area contributed by atoms with Crippen molar-refractivity contribution in [2.45, 2.75) is 198 Å². The summed E-state index contributed by atoms with van der Waals surface area (Å²) in [4.78, 5) is 158. The minimum absolute atomic E-state index is 0.0372. The number of rotatable bonds is 37. The van der Waals surface area contributed by atoms with Crippen LogP contribution in [-0.4, -0.2) is 211 Å². The van der Waals surface area contributed by atoms with Gasteiger partial charge in [-0.1, -0.05) is 77.3 Å². The average Bonchev–Trinajstić information content (AvgIpc) is 1.10. The number of hydrogen-bond acceptors (Lipinski definition) is 22. The number of hydrazone groups is 4. The summed E-state index contributed by atoms with van der Waals surface area (Å²) in [5, 5.41) is 65.1. The molecule has 0 spiro atoms. The summed E-state index contributed by atoms with van der Waals surface area (Å²) in [6.45, 7) is 8.46. The lowest BCUT2D eigenvalue weighted by Gasteiger charge is -2.29. The summed E-state index contributed by atoms with van der Waals surface area (Å²) in [5.74, 6) is -12.0. The predicted molar refractivity (Wildman–Crippen MR) is 375 cm³/mol. The van der Waals surface area contributed by atoms with E-state index in [1.807, 2.05) is 0 Å². The van der Waals surface area contributed by atoms with Gasteiger partial charge in [-0.05, 0) is 89.2 Å². The Balaban J connectivity index is 2.87. The fourth-order valence-electron chi connectivity index (χ4n) is 9.88. The lowest BCUT2D eigenvalue weighted by Crippen LogP contribution is -2.62. The van der Waals surface area contributed by atoms with Crippen LogP contribution in [0.1, 0.15) is 124 Å². The van der Waals surface area contributed by atoms with Crippen LogP contribution in [0.25, 0.3) is 0 Å². The fourth-order valence-corrected chi connectivity index (χ4v) is 9.88. The summed E-state index contributed by atoms with van der Waals surface area (Å²) in [5.41, 5.74) is 60.7. The molecule has 1 heterocycles. The Morgan fingerprint density at radius 3 is 1.50 bits per heavy atom. The molecule has 11 amide bonds. The Kier molecular flexibility index (Phi) is 40.1. The zero-order valence-electron chi connectivity index (χ0n) is 58.3. The van der Waals surface area contributed by atoms with Crippen molar-refractivity contribution in [1.29, 1.82) is 0 Å². The second-order valence-electron chi connectivity index (χ2n) is 24.7. The van der Waals surface area contributed by atoms with Crippen LogP contribution in [0.5, 0.6) is 0 Å². The molecule has 1 aliphatic heterocycles. The van der Waals surface area contributed by atoms with Crippen LogP contribution in [0.3, 0.4) is 0 Å². The Hall–Kier alpha value is -10.5. The third-order valence-corrected chi connectivity index (χ3v) is 15.4. The molecule has 1 fully saturated rings. The van der Waals surface area contributed by atoms with Crippen molar-refractivity contribution in [2.24, 2.45) is 83.8 Å². The van der Waals surface area contributed by atoms with E-state index < -0.39 is 169 Å². The molecule has 41 nitrogen and oxygen atoms in total. The van der Waals surface area contributed by atoms with E-state index in [1.165, 1.54) is 0 Å².